The van der Waals surface area contributed by atoms with Crippen LogP contribution < -0.4 is 10.5 Å². The third-order valence-corrected chi connectivity index (χ3v) is 7.74. The molecule has 2 aliphatic rings. The highest BCUT2D eigenvalue weighted by atomic mass is 16.5. The second kappa shape index (κ2) is 11.0. The van der Waals surface area contributed by atoms with Crippen molar-refractivity contribution in [3.63, 3.8) is 0 Å². The van der Waals surface area contributed by atoms with E-state index < -0.39 is 0 Å². The van der Waals surface area contributed by atoms with Crippen LogP contribution in [0.15, 0.2) is 60.9 Å². The molecule has 2 aromatic carbocycles. The smallest absolute Gasteiger partial charge is 0.236 e. The molecule has 0 saturated carbocycles. The van der Waals surface area contributed by atoms with Crippen molar-refractivity contribution in [1.29, 1.82) is 0 Å². The molecule has 39 heavy (non-hydrogen) atoms. The SMILES string of the molecule is CN1CCN(CC(=O)N2CCC(n3nc(-c4ccc(Oc5ccccc5)cc4)c4c(N)ncnc43)CC2)CC1. The van der Waals surface area contributed by atoms with Crippen LogP contribution in [0.2, 0.25) is 0 Å². The van der Waals surface area contributed by atoms with Crippen LogP contribution in [0.4, 0.5) is 5.82 Å². The van der Waals surface area contributed by atoms with Crippen LogP contribution >= 0.6 is 0 Å². The number of hydrogen-bond donors (Lipinski definition) is 1. The summed E-state index contributed by atoms with van der Waals surface area (Å²) in [7, 11) is 2.13. The van der Waals surface area contributed by atoms with E-state index in [1.54, 1.807) is 0 Å². The number of hydrogen-bond acceptors (Lipinski definition) is 8. The fourth-order valence-electron chi connectivity index (χ4n) is 5.41. The number of para-hydroxylation sites is 1. The summed E-state index contributed by atoms with van der Waals surface area (Å²) in [5.74, 6) is 2.15. The summed E-state index contributed by atoms with van der Waals surface area (Å²) in [5.41, 5.74) is 8.73. The van der Waals surface area contributed by atoms with E-state index in [-0.39, 0.29) is 11.9 Å². The fourth-order valence-corrected chi connectivity index (χ4v) is 5.41. The number of fused-ring (bicyclic) bond motifs is 1. The Morgan fingerprint density at radius 1 is 0.923 bits per heavy atom. The van der Waals surface area contributed by atoms with E-state index in [1.165, 1.54) is 6.33 Å². The molecule has 6 rings (SSSR count). The van der Waals surface area contributed by atoms with Crippen LogP contribution in [0.3, 0.4) is 0 Å². The maximum absolute atomic E-state index is 13.0. The largest absolute Gasteiger partial charge is 0.457 e. The topological polar surface area (TPSA) is 106 Å². The van der Waals surface area contributed by atoms with Crippen LogP contribution in [0, 0.1) is 0 Å². The second-order valence-corrected chi connectivity index (χ2v) is 10.4. The predicted molar refractivity (Wildman–Crippen MR) is 150 cm³/mol. The Hall–Kier alpha value is -4.02. The first-order valence-corrected chi connectivity index (χ1v) is 13.6. The Morgan fingerprint density at radius 3 is 2.33 bits per heavy atom. The molecule has 1 amide bonds. The van der Waals surface area contributed by atoms with Crippen LogP contribution in [0.5, 0.6) is 11.5 Å². The first-order chi connectivity index (χ1) is 19.0. The summed E-state index contributed by atoms with van der Waals surface area (Å²) in [5, 5.41) is 5.76. The number of carbonyl (C=O) groups is 1. The number of aromatic nitrogens is 4. The standard InChI is InChI=1S/C29H34N8O2/c1-34-15-17-35(18-16-34)19-25(38)36-13-11-22(12-14-36)37-29-26(28(30)31-20-32-29)27(33-37)21-7-9-24(10-8-21)39-23-5-3-2-4-6-23/h2-10,20,22H,11-19H2,1H3,(H2,30,31,32). The van der Waals surface area contributed by atoms with Gasteiger partial charge in [-0.05, 0) is 56.3 Å². The van der Waals surface area contributed by atoms with Gasteiger partial charge in [0.1, 0.15) is 29.3 Å². The predicted octanol–water partition coefficient (Wildman–Crippen LogP) is 3.28. The average Bonchev–Trinajstić information content (AvgIpc) is 3.36. The van der Waals surface area contributed by atoms with E-state index >= 15 is 0 Å². The molecule has 2 N–H and O–H groups in total. The number of nitrogens with zero attached hydrogens (tertiary/aromatic N) is 7. The summed E-state index contributed by atoms with van der Waals surface area (Å²) in [6.07, 6.45) is 3.13. The summed E-state index contributed by atoms with van der Waals surface area (Å²) in [4.78, 5) is 28.4. The highest BCUT2D eigenvalue weighted by molar-refractivity contribution is 5.98. The van der Waals surface area contributed by atoms with Crippen molar-refractivity contribution >= 4 is 22.8 Å². The van der Waals surface area contributed by atoms with Gasteiger partial charge in [0.05, 0.1) is 18.0 Å². The molecule has 0 radical (unpaired) electrons. The average molecular weight is 527 g/mol. The van der Waals surface area contributed by atoms with Crippen molar-refractivity contribution in [3.8, 4) is 22.8 Å². The van der Waals surface area contributed by atoms with E-state index in [0.29, 0.717) is 25.5 Å². The summed E-state index contributed by atoms with van der Waals surface area (Å²) < 4.78 is 7.94. The highest BCUT2D eigenvalue weighted by Gasteiger charge is 2.29. The number of nitrogen functional groups attached to an aromatic ring is 1. The van der Waals surface area contributed by atoms with Crippen molar-refractivity contribution in [3.05, 3.63) is 60.9 Å². The van der Waals surface area contributed by atoms with Gasteiger partial charge >= 0.3 is 0 Å². The molecule has 2 aromatic heterocycles. The number of piperidine rings is 1. The normalized spacial score (nSPS) is 17.5. The maximum atomic E-state index is 13.0. The molecule has 0 aliphatic carbocycles. The van der Waals surface area contributed by atoms with E-state index in [2.05, 4.69) is 26.8 Å². The Labute approximate surface area is 228 Å². The third kappa shape index (κ3) is 5.43. The zero-order valence-electron chi connectivity index (χ0n) is 22.2. The number of amides is 1. The van der Waals surface area contributed by atoms with Gasteiger partial charge in [-0.25, -0.2) is 14.6 Å². The van der Waals surface area contributed by atoms with Crippen molar-refractivity contribution in [1.82, 2.24) is 34.4 Å². The molecule has 2 fully saturated rings. The Bertz CT molecular complexity index is 1420. The first-order valence-electron chi connectivity index (χ1n) is 13.6. The van der Waals surface area contributed by atoms with Gasteiger partial charge in [0.2, 0.25) is 5.91 Å². The van der Waals surface area contributed by atoms with Crippen LogP contribution in [0.25, 0.3) is 22.3 Å². The van der Waals surface area contributed by atoms with Crippen molar-refractivity contribution in [2.45, 2.75) is 18.9 Å². The minimum atomic E-state index is 0.129. The molecule has 0 unspecified atom stereocenters. The number of likely N-dealkylation sites (N-methyl/N-ethyl adjacent to an activating group) is 1. The lowest BCUT2D eigenvalue weighted by molar-refractivity contribution is -0.134. The number of anilines is 1. The van der Waals surface area contributed by atoms with Crippen LogP contribution in [-0.2, 0) is 4.79 Å². The lowest BCUT2D eigenvalue weighted by Crippen LogP contribution is -2.50. The monoisotopic (exact) mass is 526 g/mol. The number of ether oxygens (including phenoxy) is 1. The number of rotatable bonds is 6. The van der Waals surface area contributed by atoms with Crippen LogP contribution in [0.1, 0.15) is 18.9 Å². The van der Waals surface area contributed by atoms with E-state index in [4.69, 9.17) is 15.6 Å². The summed E-state index contributed by atoms with van der Waals surface area (Å²) in [6, 6.07) is 17.6. The molecular weight excluding hydrogens is 492 g/mol. The Kier molecular flexibility index (Phi) is 7.12. The van der Waals surface area contributed by atoms with Gasteiger partial charge in [-0.3, -0.25) is 9.69 Å². The number of carbonyl (C=O) groups excluding carboxylic acids is 1. The highest BCUT2D eigenvalue weighted by Crippen LogP contribution is 2.35. The van der Waals surface area contributed by atoms with Gasteiger partial charge in [0.15, 0.2) is 5.65 Å². The third-order valence-electron chi connectivity index (χ3n) is 7.74. The number of nitrogens with two attached hydrogens (primary N) is 1. The number of benzene rings is 2. The zero-order chi connectivity index (χ0) is 26.8. The van der Waals surface area contributed by atoms with E-state index in [1.807, 2.05) is 64.2 Å². The van der Waals surface area contributed by atoms with Gasteiger partial charge in [-0.15, -0.1) is 0 Å². The molecule has 0 atom stereocenters. The minimum absolute atomic E-state index is 0.129. The summed E-state index contributed by atoms with van der Waals surface area (Å²) >= 11 is 0. The van der Waals surface area contributed by atoms with E-state index in [0.717, 1.165) is 72.8 Å². The maximum Gasteiger partial charge on any atom is 0.236 e. The van der Waals surface area contributed by atoms with Crippen molar-refractivity contribution in [2.24, 2.45) is 0 Å². The number of piperazine rings is 1. The molecule has 2 aliphatic heterocycles. The molecule has 10 nitrogen and oxygen atoms in total. The van der Waals surface area contributed by atoms with Gasteiger partial charge < -0.3 is 20.3 Å². The number of likely N-dealkylation sites (tertiary alicyclic amines) is 1. The quantitative estimate of drug-likeness (QED) is 0.408. The molecule has 4 aromatic rings. The molecule has 0 bridgehead atoms. The van der Waals surface area contributed by atoms with Gasteiger partial charge in [-0.2, -0.15) is 5.10 Å². The zero-order valence-corrected chi connectivity index (χ0v) is 22.2. The van der Waals surface area contributed by atoms with E-state index in [9.17, 15) is 4.79 Å². The van der Waals surface area contributed by atoms with Gasteiger partial charge in [0, 0.05) is 44.8 Å². The lowest BCUT2D eigenvalue weighted by atomic mass is 10.0. The molecular formula is C29H34N8O2. The Morgan fingerprint density at radius 2 is 1.62 bits per heavy atom. The van der Waals surface area contributed by atoms with Crippen LogP contribution in [-0.4, -0.2) is 93.2 Å². The Balaban J connectivity index is 1.18. The van der Waals surface area contributed by atoms with Crippen molar-refractivity contribution in [2.75, 3.05) is 58.6 Å². The molecule has 2 saturated heterocycles. The fraction of sp³-hybridized carbons (Fsp3) is 0.379. The van der Waals surface area contributed by atoms with Crippen molar-refractivity contribution < 1.29 is 9.53 Å². The minimum Gasteiger partial charge on any atom is -0.457 e. The first kappa shape index (κ1) is 25.3. The molecule has 10 heteroatoms. The molecule has 202 valence electrons. The lowest BCUT2D eigenvalue weighted by Gasteiger charge is -2.36. The second-order valence-electron chi connectivity index (χ2n) is 10.4. The summed E-state index contributed by atoms with van der Waals surface area (Å²) in [6.45, 7) is 5.83. The van der Waals surface area contributed by atoms with Gasteiger partial charge in [-0.1, -0.05) is 18.2 Å². The molecule has 4 heterocycles. The van der Waals surface area contributed by atoms with Gasteiger partial charge in [0.25, 0.3) is 0 Å². The molecule has 0 spiro atoms.